The summed E-state index contributed by atoms with van der Waals surface area (Å²) in [5.41, 5.74) is 8.67. The average Bonchev–Trinajstić information content (AvgIpc) is 2.47. The summed E-state index contributed by atoms with van der Waals surface area (Å²) in [6.07, 6.45) is 11.2. The number of aromatic nitrogens is 2. The maximum Gasteiger partial charge on any atom is 0.135 e. The predicted octanol–water partition coefficient (Wildman–Crippen LogP) is 2.06. The lowest BCUT2D eigenvalue weighted by atomic mass is 9.90. The molecule has 0 unspecified atom stereocenters. The quantitative estimate of drug-likeness (QED) is 0.884. The number of anilines is 1. The molecule has 2 N–H and O–H groups in total. The maximum atomic E-state index is 6.00. The van der Waals surface area contributed by atoms with Gasteiger partial charge >= 0.3 is 0 Å². The van der Waals surface area contributed by atoms with Crippen LogP contribution in [0, 0.1) is 0 Å². The molecule has 3 rings (SSSR count). The predicted molar refractivity (Wildman–Crippen MR) is 77.3 cm³/mol. The first-order chi connectivity index (χ1) is 9.25. The summed E-state index contributed by atoms with van der Waals surface area (Å²) in [5, 5.41) is 0. The molecule has 1 saturated carbocycles. The van der Waals surface area contributed by atoms with Crippen molar-refractivity contribution in [3.8, 4) is 0 Å². The number of hydrogen-bond donors (Lipinski definition) is 1. The summed E-state index contributed by atoms with van der Waals surface area (Å²) in [4.78, 5) is 11.4. The second-order valence-corrected chi connectivity index (χ2v) is 6.01. The molecule has 0 spiro atoms. The van der Waals surface area contributed by atoms with Gasteiger partial charge in [-0.15, -0.1) is 0 Å². The van der Waals surface area contributed by atoms with E-state index in [1.165, 1.54) is 42.8 Å². The van der Waals surface area contributed by atoms with Crippen LogP contribution in [0.3, 0.4) is 0 Å². The standard InChI is InChI=1S/C15H24N4/c1-19(12-8-6-11(16)7-9-12)15-13-4-2-3-5-14(13)17-10-18-15/h10-12H,2-9,16H2,1H3. The number of rotatable bonds is 2. The van der Waals surface area contributed by atoms with Gasteiger partial charge in [-0.05, 0) is 51.4 Å². The van der Waals surface area contributed by atoms with Gasteiger partial charge in [0.05, 0.1) is 0 Å². The first-order valence-electron chi connectivity index (χ1n) is 7.57. The number of hydrogen-bond acceptors (Lipinski definition) is 4. The molecule has 0 bridgehead atoms. The lowest BCUT2D eigenvalue weighted by molar-refractivity contribution is 0.383. The van der Waals surface area contributed by atoms with Crippen LogP contribution in [0.4, 0.5) is 5.82 Å². The van der Waals surface area contributed by atoms with Crippen molar-refractivity contribution in [1.82, 2.24) is 9.97 Å². The Morgan fingerprint density at radius 1 is 1.11 bits per heavy atom. The molecule has 0 aromatic carbocycles. The number of aryl methyl sites for hydroxylation is 1. The molecule has 0 aliphatic heterocycles. The zero-order valence-corrected chi connectivity index (χ0v) is 11.8. The van der Waals surface area contributed by atoms with Crippen molar-refractivity contribution in [2.75, 3.05) is 11.9 Å². The fourth-order valence-electron chi connectivity index (χ4n) is 3.47. The highest BCUT2D eigenvalue weighted by molar-refractivity contribution is 5.49. The number of fused-ring (bicyclic) bond motifs is 1. The fraction of sp³-hybridized carbons (Fsp3) is 0.733. The first-order valence-corrected chi connectivity index (χ1v) is 7.57. The van der Waals surface area contributed by atoms with E-state index in [1.807, 2.05) is 0 Å². The molecular weight excluding hydrogens is 236 g/mol. The molecule has 0 saturated heterocycles. The number of nitrogens with two attached hydrogens (primary N) is 1. The van der Waals surface area contributed by atoms with E-state index >= 15 is 0 Å². The minimum absolute atomic E-state index is 0.406. The third kappa shape index (κ3) is 2.59. The minimum Gasteiger partial charge on any atom is -0.356 e. The van der Waals surface area contributed by atoms with Gasteiger partial charge in [0.15, 0.2) is 0 Å². The Hall–Kier alpha value is -1.16. The molecule has 2 aliphatic carbocycles. The molecule has 0 amide bonds. The molecule has 19 heavy (non-hydrogen) atoms. The summed E-state index contributed by atoms with van der Waals surface area (Å²) < 4.78 is 0. The minimum atomic E-state index is 0.406. The molecule has 0 radical (unpaired) electrons. The van der Waals surface area contributed by atoms with E-state index in [0.717, 1.165) is 25.7 Å². The SMILES string of the molecule is CN(c1ncnc2c1CCCC2)C1CCC(N)CC1. The van der Waals surface area contributed by atoms with E-state index in [9.17, 15) is 0 Å². The van der Waals surface area contributed by atoms with Crippen LogP contribution in [-0.4, -0.2) is 29.1 Å². The van der Waals surface area contributed by atoms with Crippen LogP contribution in [0.2, 0.25) is 0 Å². The van der Waals surface area contributed by atoms with Crippen LogP contribution in [0.25, 0.3) is 0 Å². The first kappa shape index (κ1) is 12.9. The largest absolute Gasteiger partial charge is 0.356 e. The van der Waals surface area contributed by atoms with Gasteiger partial charge in [0, 0.05) is 30.4 Å². The monoisotopic (exact) mass is 260 g/mol. The molecular formula is C15H24N4. The Kier molecular flexibility index (Phi) is 3.69. The second kappa shape index (κ2) is 5.45. The van der Waals surface area contributed by atoms with Gasteiger partial charge in [0.1, 0.15) is 12.1 Å². The average molecular weight is 260 g/mol. The van der Waals surface area contributed by atoms with Crippen molar-refractivity contribution in [1.29, 1.82) is 0 Å². The van der Waals surface area contributed by atoms with Crippen LogP contribution in [-0.2, 0) is 12.8 Å². The van der Waals surface area contributed by atoms with E-state index in [4.69, 9.17) is 5.73 Å². The summed E-state index contributed by atoms with van der Waals surface area (Å²) in [5.74, 6) is 1.17. The molecule has 1 aromatic heterocycles. The number of nitrogens with zero attached hydrogens (tertiary/aromatic N) is 3. The normalized spacial score (nSPS) is 26.8. The van der Waals surface area contributed by atoms with Gasteiger partial charge in [-0.25, -0.2) is 9.97 Å². The highest BCUT2D eigenvalue weighted by atomic mass is 15.2. The van der Waals surface area contributed by atoms with Crippen LogP contribution in [0.5, 0.6) is 0 Å². The van der Waals surface area contributed by atoms with Gasteiger partial charge in [0.25, 0.3) is 0 Å². The van der Waals surface area contributed by atoms with Gasteiger partial charge < -0.3 is 10.6 Å². The smallest absolute Gasteiger partial charge is 0.135 e. The molecule has 1 heterocycles. The van der Waals surface area contributed by atoms with Crippen LogP contribution < -0.4 is 10.6 Å². The van der Waals surface area contributed by atoms with Crippen molar-refractivity contribution in [2.24, 2.45) is 5.73 Å². The van der Waals surface area contributed by atoms with E-state index in [-0.39, 0.29) is 0 Å². The van der Waals surface area contributed by atoms with E-state index in [0.29, 0.717) is 12.1 Å². The Morgan fingerprint density at radius 2 is 1.84 bits per heavy atom. The zero-order chi connectivity index (χ0) is 13.2. The molecule has 2 aliphatic rings. The Balaban J connectivity index is 1.81. The maximum absolute atomic E-state index is 6.00. The Bertz CT molecular complexity index is 438. The summed E-state index contributed by atoms with van der Waals surface area (Å²) in [6, 6.07) is 1.00. The van der Waals surface area contributed by atoms with Crippen molar-refractivity contribution < 1.29 is 0 Å². The van der Waals surface area contributed by atoms with Crippen molar-refractivity contribution in [2.45, 2.75) is 63.5 Å². The van der Waals surface area contributed by atoms with Crippen LogP contribution >= 0.6 is 0 Å². The summed E-state index contributed by atoms with van der Waals surface area (Å²) in [6.45, 7) is 0. The molecule has 104 valence electrons. The van der Waals surface area contributed by atoms with E-state index in [1.54, 1.807) is 6.33 Å². The lowest BCUT2D eigenvalue weighted by Gasteiger charge is -2.35. The summed E-state index contributed by atoms with van der Waals surface area (Å²) >= 11 is 0. The third-order valence-electron chi connectivity index (χ3n) is 4.73. The van der Waals surface area contributed by atoms with E-state index in [2.05, 4.69) is 21.9 Å². The molecule has 1 aromatic rings. The molecule has 0 atom stereocenters. The lowest BCUT2D eigenvalue weighted by Crippen LogP contribution is -2.39. The fourth-order valence-corrected chi connectivity index (χ4v) is 3.47. The summed E-state index contributed by atoms with van der Waals surface area (Å²) in [7, 11) is 2.19. The highest BCUT2D eigenvalue weighted by Crippen LogP contribution is 2.30. The van der Waals surface area contributed by atoms with Crippen LogP contribution in [0.15, 0.2) is 6.33 Å². The van der Waals surface area contributed by atoms with Crippen molar-refractivity contribution in [3.05, 3.63) is 17.6 Å². The van der Waals surface area contributed by atoms with E-state index < -0.39 is 0 Å². The van der Waals surface area contributed by atoms with Gasteiger partial charge in [-0.3, -0.25) is 0 Å². The molecule has 4 heteroatoms. The topological polar surface area (TPSA) is 55.0 Å². The molecule has 4 nitrogen and oxygen atoms in total. The van der Waals surface area contributed by atoms with Gasteiger partial charge in [-0.2, -0.15) is 0 Å². The zero-order valence-electron chi connectivity index (χ0n) is 11.8. The third-order valence-corrected chi connectivity index (χ3v) is 4.73. The Morgan fingerprint density at radius 3 is 2.63 bits per heavy atom. The van der Waals surface area contributed by atoms with Crippen molar-refractivity contribution in [3.63, 3.8) is 0 Å². The van der Waals surface area contributed by atoms with Crippen molar-refractivity contribution >= 4 is 5.82 Å². The highest BCUT2D eigenvalue weighted by Gasteiger charge is 2.25. The Labute approximate surface area is 115 Å². The molecule has 1 fully saturated rings. The van der Waals surface area contributed by atoms with Crippen LogP contribution in [0.1, 0.15) is 49.8 Å². The van der Waals surface area contributed by atoms with Gasteiger partial charge in [0.2, 0.25) is 0 Å². The second-order valence-electron chi connectivity index (χ2n) is 6.01. The van der Waals surface area contributed by atoms with Gasteiger partial charge in [-0.1, -0.05) is 0 Å².